The Morgan fingerprint density at radius 2 is 1.48 bits per heavy atom. The average molecular weight is 996 g/mol. The minimum atomic E-state index is -2.48. The van der Waals surface area contributed by atoms with Crippen LogP contribution < -0.4 is 0 Å². The van der Waals surface area contributed by atoms with Crippen LogP contribution in [0.1, 0.15) is 174 Å². The van der Waals surface area contributed by atoms with E-state index >= 15 is 4.79 Å². The summed E-state index contributed by atoms with van der Waals surface area (Å²) in [6, 6.07) is 0. The molecule has 0 aromatic heterocycles. The Hall–Kier alpha value is -3.33. The lowest BCUT2D eigenvalue weighted by atomic mass is 9.72. The quantitative estimate of drug-likeness (QED) is 0.147. The Morgan fingerprint density at radius 1 is 0.817 bits per heavy atom. The number of esters is 1. The molecule has 2 N–H and O–H groups in total. The van der Waals surface area contributed by atoms with E-state index in [-0.39, 0.29) is 61.2 Å². The van der Waals surface area contributed by atoms with E-state index in [9.17, 15) is 29.4 Å². The largest absolute Gasteiger partial charge is 0.457 e. The molecule has 402 valence electrons. The minimum Gasteiger partial charge on any atom is -0.457 e. The second-order valence-corrected chi connectivity index (χ2v) is 23.4. The lowest BCUT2D eigenvalue weighted by Crippen LogP contribution is -2.66. The number of hydrogen-bond acceptors (Lipinski definition) is 12. The average Bonchev–Trinajstić information content (AvgIpc) is 3.31. The summed E-state index contributed by atoms with van der Waals surface area (Å²) in [6.45, 7) is 26.6. The van der Waals surface area contributed by atoms with Gasteiger partial charge in [-0.15, -0.1) is 0 Å². The standard InChI is InChI=1S/C58H93NO12/c1-34-26-36(3)44(11)37(4)28-40(7)49(61)51(69-17)50(62)41(8)29-38(5)46(60)32-57(14,43(10)30-45-21-20-35(2)47(31-45)67-15)70-54(65)56(13)23-18-19-25-59(56)53(64)52(63)58(66)42(9)22-24-55(12,71-58)33-48(68-16)39(6)27-34/h26-27,29,35,37-38,40,42-43,45,47-48,50-51,62,66H,18-25,28,30-33H2,1-17H3/b34-26+,39-27+,41-29+,44-36-/t35?,37-,38+,40+,42+,43+,45-,47?,48-,50?,51-,55-,56-,57-,58+/m0/s1. The molecule has 0 radical (unpaired) electrons. The number of ketones is 3. The Morgan fingerprint density at radius 3 is 2.10 bits per heavy atom. The number of allylic oxidation sites excluding steroid dienone is 6. The van der Waals surface area contributed by atoms with Gasteiger partial charge in [0, 0.05) is 58.5 Å². The maximum Gasteiger partial charge on any atom is 0.332 e. The third-order valence-corrected chi connectivity index (χ3v) is 17.6. The van der Waals surface area contributed by atoms with E-state index in [0.29, 0.717) is 50.0 Å². The normalized spacial score (nSPS) is 42.5. The number of aliphatic hydroxyl groups excluding tert-OH is 1. The number of methoxy groups -OCH3 is 3. The van der Waals surface area contributed by atoms with Crippen molar-refractivity contribution in [3.63, 3.8) is 0 Å². The molecule has 4 aliphatic rings. The number of carbonyl (C=O) groups is 5. The molecule has 3 fully saturated rings. The molecule has 3 aliphatic heterocycles. The number of piperidine rings is 1. The Labute approximate surface area is 426 Å². The highest BCUT2D eigenvalue weighted by molar-refractivity contribution is 6.39. The number of nitrogens with zero attached hydrogens (tertiary/aromatic N) is 1. The Balaban J connectivity index is 1.83. The molecule has 13 nitrogen and oxygen atoms in total. The van der Waals surface area contributed by atoms with Gasteiger partial charge in [-0.25, -0.2) is 4.79 Å². The third-order valence-electron chi connectivity index (χ3n) is 17.6. The zero-order valence-electron chi connectivity index (χ0n) is 46.7. The molecule has 13 heteroatoms. The van der Waals surface area contributed by atoms with E-state index in [1.807, 2.05) is 47.6 Å². The number of cyclic esters (lactones) is 1. The highest BCUT2D eigenvalue weighted by atomic mass is 16.6. The summed E-state index contributed by atoms with van der Waals surface area (Å²) in [7, 11) is 4.74. The maximum atomic E-state index is 15.0. The summed E-state index contributed by atoms with van der Waals surface area (Å²) < 4.78 is 30.7. The van der Waals surface area contributed by atoms with E-state index < -0.39 is 76.3 Å². The molecular weight excluding hydrogens is 903 g/mol. The number of hydrogen-bond donors (Lipinski definition) is 2. The van der Waals surface area contributed by atoms with Crippen molar-refractivity contribution in [2.24, 2.45) is 41.4 Å². The second kappa shape index (κ2) is 24.8. The van der Waals surface area contributed by atoms with Crippen LogP contribution in [-0.2, 0) is 47.7 Å². The highest BCUT2D eigenvalue weighted by Crippen LogP contribution is 2.45. The molecule has 71 heavy (non-hydrogen) atoms. The van der Waals surface area contributed by atoms with Crippen LogP contribution in [0.3, 0.4) is 0 Å². The molecule has 0 spiro atoms. The smallest absolute Gasteiger partial charge is 0.332 e. The number of rotatable bonds is 6. The summed E-state index contributed by atoms with van der Waals surface area (Å²) in [6.07, 6.45) is 9.14. The van der Waals surface area contributed by atoms with Crippen LogP contribution in [0.5, 0.6) is 0 Å². The molecule has 3 unspecified atom stereocenters. The first-order chi connectivity index (χ1) is 33.0. The number of amides is 1. The first-order valence-electron chi connectivity index (χ1n) is 26.6. The van der Waals surface area contributed by atoms with Crippen molar-refractivity contribution in [2.45, 2.75) is 221 Å². The van der Waals surface area contributed by atoms with Crippen LogP contribution in [0.4, 0.5) is 0 Å². The predicted molar refractivity (Wildman–Crippen MR) is 276 cm³/mol. The van der Waals surface area contributed by atoms with Gasteiger partial charge >= 0.3 is 5.97 Å². The van der Waals surface area contributed by atoms with Crippen molar-refractivity contribution in [3.8, 4) is 0 Å². The van der Waals surface area contributed by atoms with Crippen molar-refractivity contribution in [2.75, 3.05) is 27.9 Å². The first-order valence-corrected chi connectivity index (χ1v) is 26.6. The molecule has 1 aliphatic carbocycles. The first kappa shape index (κ1) is 60.2. The molecule has 2 bridgehead atoms. The minimum absolute atomic E-state index is 0.0196. The maximum absolute atomic E-state index is 15.0. The monoisotopic (exact) mass is 996 g/mol. The van der Waals surface area contributed by atoms with E-state index in [1.54, 1.807) is 54.9 Å². The number of ether oxygens (including phenoxy) is 5. The lowest BCUT2D eigenvalue weighted by molar-refractivity contribution is -0.295. The molecule has 4 rings (SSSR count). The second-order valence-electron chi connectivity index (χ2n) is 23.4. The Kier molecular flexibility index (Phi) is 21.0. The van der Waals surface area contributed by atoms with E-state index in [2.05, 4.69) is 26.8 Å². The van der Waals surface area contributed by atoms with Gasteiger partial charge < -0.3 is 38.8 Å². The van der Waals surface area contributed by atoms with Crippen molar-refractivity contribution in [1.29, 1.82) is 0 Å². The topological polar surface area (TPSA) is 175 Å². The SMILES string of the molecule is COC1C[C@H](C[C@@H](C)[C@]2(C)CC(=O)[C@H](C)/C=C(\C)C(O)[C@@H](OC)C(=O)[C@H](C)C[C@H](C)\C(C)=C(C)/C=C(C)/C=C(\C)[C@@H](OC)C[C@]3(C)CC[C@@H](C)[C@@](O)(O3)C(=O)C(=O)N3CCCC[C@@]3(C)C(=O)O2)CCC1C. The Bertz CT molecular complexity index is 2060. The zero-order valence-corrected chi connectivity index (χ0v) is 46.7. The highest BCUT2D eigenvalue weighted by Gasteiger charge is 2.58. The molecule has 0 aromatic carbocycles. The lowest BCUT2D eigenvalue weighted by Gasteiger charge is -2.49. The van der Waals surface area contributed by atoms with Crippen molar-refractivity contribution < 1.29 is 57.9 Å². The molecule has 2 saturated heterocycles. The fourth-order valence-electron chi connectivity index (χ4n) is 11.9. The van der Waals surface area contributed by atoms with Crippen LogP contribution in [-0.4, -0.2) is 119 Å². The van der Waals surface area contributed by atoms with Gasteiger partial charge in [0.1, 0.15) is 29.1 Å². The van der Waals surface area contributed by atoms with Gasteiger partial charge in [-0.3, -0.25) is 19.2 Å². The van der Waals surface area contributed by atoms with E-state index in [1.165, 1.54) is 12.0 Å². The molecule has 3 heterocycles. The van der Waals surface area contributed by atoms with Gasteiger partial charge in [-0.1, -0.05) is 76.5 Å². The van der Waals surface area contributed by atoms with Crippen LogP contribution in [0, 0.1) is 41.4 Å². The summed E-state index contributed by atoms with van der Waals surface area (Å²) in [4.78, 5) is 74.3. The number of fused-ring (bicyclic) bond motifs is 3. The van der Waals surface area contributed by atoms with Gasteiger partial charge in [0.2, 0.25) is 5.79 Å². The summed E-state index contributed by atoms with van der Waals surface area (Å²) in [5.74, 6) is -7.47. The van der Waals surface area contributed by atoms with Gasteiger partial charge in [0.25, 0.3) is 11.7 Å². The number of carbonyl (C=O) groups excluding carboxylic acids is 5. The summed E-state index contributed by atoms with van der Waals surface area (Å²) in [5.41, 5.74) is 0.389. The molecule has 15 atom stereocenters. The molecule has 1 amide bonds. The van der Waals surface area contributed by atoms with Crippen molar-refractivity contribution >= 4 is 29.2 Å². The van der Waals surface area contributed by atoms with Crippen LogP contribution in [0.2, 0.25) is 0 Å². The van der Waals surface area contributed by atoms with Gasteiger partial charge in [0.05, 0.1) is 17.8 Å². The molecular formula is C58H93NO12. The van der Waals surface area contributed by atoms with Crippen LogP contribution in [0.25, 0.3) is 0 Å². The van der Waals surface area contributed by atoms with Crippen LogP contribution in [0.15, 0.2) is 46.1 Å². The predicted octanol–water partition coefficient (Wildman–Crippen LogP) is 9.80. The summed E-state index contributed by atoms with van der Waals surface area (Å²) >= 11 is 0. The van der Waals surface area contributed by atoms with Gasteiger partial charge in [-0.05, 0) is 154 Å². The zero-order chi connectivity index (χ0) is 53.6. The van der Waals surface area contributed by atoms with Crippen molar-refractivity contribution in [3.05, 3.63) is 46.1 Å². The number of Topliss-reactive ketones (excluding diaryl/α,β-unsaturated/α-hetero) is 3. The van der Waals surface area contributed by atoms with Gasteiger partial charge in [0.15, 0.2) is 5.78 Å². The van der Waals surface area contributed by atoms with Gasteiger partial charge in [-0.2, -0.15) is 0 Å². The summed E-state index contributed by atoms with van der Waals surface area (Å²) in [5, 5.41) is 24.0. The third kappa shape index (κ3) is 14.1. The molecule has 1 saturated carbocycles. The number of aliphatic hydroxyl groups is 2. The molecule has 0 aromatic rings. The van der Waals surface area contributed by atoms with Crippen LogP contribution >= 0.6 is 0 Å². The fraction of sp³-hybridized carbons (Fsp3) is 0.776. The van der Waals surface area contributed by atoms with E-state index in [0.717, 1.165) is 41.6 Å². The van der Waals surface area contributed by atoms with Crippen molar-refractivity contribution in [1.82, 2.24) is 4.90 Å². The fourth-order valence-corrected chi connectivity index (χ4v) is 11.9. The van der Waals surface area contributed by atoms with E-state index in [4.69, 9.17) is 23.7 Å².